The molecular weight excluding hydrogens is 408 g/mol. The zero-order valence-corrected chi connectivity index (χ0v) is 17.9. The number of carbonyl (C=O) groups excluding carboxylic acids is 2. The van der Waals surface area contributed by atoms with Crippen LogP contribution in [0.15, 0.2) is 59.4 Å². The maximum atomic E-state index is 12.9. The second kappa shape index (κ2) is 9.09. The van der Waals surface area contributed by atoms with Crippen LogP contribution in [0.4, 0.5) is 5.69 Å². The van der Waals surface area contributed by atoms with Gasteiger partial charge in [-0.05, 0) is 55.2 Å². The quantitative estimate of drug-likeness (QED) is 0.615. The van der Waals surface area contributed by atoms with Crippen molar-refractivity contribution in [3.05, 3.63) is 87.3 Å². The van der Waals surface area contributed by atoms with E-state index in [1.54, 1.807) is 31.4 Å². The highest BCUT2D eigenvalue weighted by atomic mass is 16.5. The number of fused-ring (bicyclic) bond motifs is 1. The van der Waals surface area contributed by atoms with Crippen molar-refractivity contribution in [2.24, 2.45) is 0 Å². The first-order valence-electron chi connectivity index (χ1n) is 10.5. The number of methoxy groups -OCH3 is 1. The Morgan fingerprint density at radius 2 is 1.84 bits per heavy atom. The van der Waals surface area contributed by atoms with Crippen molar-refractivity contribution >= 4 is 17.4 Å². The Balaban J connectivity index is 1.57. The number of Topliss-reactive ketones (excluding diaryl/α,β-unsaturated/α-hetero) is 1. The SMILES string of the molecule is CCOc1cccc(NC(=O)c2cc3c([nH]c2=O)CC(c2ccc(OC)cc2)CC3=O)c1. The normalized spacial score (nSPS) is 15.1. The molecule has 1 amide bonds. The van der Waals surface area contributed by atoms with Crippen LogP contribution in [0, 0.1) is 0 Å². The molecule has 1 heterocycles. The topological polar surface area (TPSA) is 97.5 Å². The molecule has 164 valence electrons. The van der Waals surface area contributed by atoms with E-state index in [1.807, 2.05) is 31.2 Å². The summed E-state index contributed by atoms with van der Waals surface area (Å²) in [7, 11) is 1.60. The van der Waals surface area contributed by atoms with E-state index in [4.69, 9.17) is 9.47 Å². The van der Waals surface area contributed by atoms with Gasteiger partial charge in [-0.15, -0.1) is 0 Å². The Morgan fingerprint density at radius 3 is 2.56 bits per heavy atom. The lowest BCUT2D eigenvalue weighted by atomic mass is 9.81. The molecular formula is C25H24N2O5. The molecule has 0 fully saturated rings. The number of nitrogens with one attached hydrogen (secondary N) is 2. The zero-order valence-electron chi connectivity index (χ0n) is 17.9. The molecule has 2 aromatic carbocycles. The van der Waals surface area contributed by atoms with Gasteiger partial charge in [-0.2, -0.15) is 0 Å². The fourth-order valence-corrected chi connectivity index (χ4v) is 3.94. The number of ketones is 1. The van der Waals surface area contributed by atoms with Crippen molar-refractivity contribution in [2.75, 3.05) is 19.0 Å². The lowest BCUT2D eigenvalue weighted by molar-refractivity contribution is 0.0963. The molecule has 1 atom stereocenters. The van der Waals surface area contributed by atoms with Gasteiger partial charge in [-0.25, -0.2) is 0 Å². The molecule has 0 spiro atoms. The molecule has 1 aromatic heterocycles. The van der Waals surface area contributed by atoms with Crippen molar-refractivity contribution in [1.82, 2.24) is 4.98 Å². The summed E-state index contributed by atoms with van der Waals surface area (Å²) in [6.45, 7) is 2.37. The van der Waals surface area contributed by atoms with Crippen LogP contribution < -0.4 is 20.3 Å². The molecule has 1 aliphatic carbocycles. The highest BCUT2D eigenvalue weighted by molar-refractivity contribution is 6.06. The number of hydrogen-bond donors (Lipinski definition) is 2. The molecule has 32 heavy (non-hydrogen) atoms. The van der Waals surface area contributed by atoms with Gasteiger partial charge in [0.25, 0.3) is 11.5 Å². The molecule has 1 aliphatic rings. The standard InChI is InChI=1S/C25H24N2O5/c1-3-32-19-6-4-5-17(13-19)26-24(29)21-14-20-22(27-25(21)30)11-16(12-23(20)28)15-7-9-18(31-2)10-8-15/h4-10,13-14,16H,3,11-12H2,1-2H3,(H,26,29)(H,27,30). The van der Waals surface area contributed by atoms with Crippen molar-refractivity contribution in [1.29, 1.82) is 0 Å². The minimum Gasteiger partial charge on any atom is -0.497 e. The van der Waals surface area contributed by atoms with Crippen LogP contribution in [0.1, 0.15) is 51.2 Å². The second-order valence-electron chi connectivity index (χ2n) is 7.62. The lowest BCUT2D eigenvalue weighted by Crippen LogP contribution is -2.29. The molecule has 0 radical (unpaired) electrons. The molecule has 0 saturated carbocycles. The van der Waals surface area contributed by atoms with E-state index in [-0.39, 0.29) is 17.3 Å². The van der Waals surface area contributed by atoms with Crippen LogP contribution in [0.2, 0.25) is 0 Å². The van der Waals surface area contributed by atoms with Gasteiger partial charge < -0.3 is 19.8 Å². The average molecular weight is 432 g/mol. The first-order chi connectivity index (χ1) is 15.5. The van der Waals surface area contributed by atoms with Gasteiger partial charge in [-0.1, -0.05) is 18.2 Å². The summed E-state index contributed by atoms with van der Waals surface area (Å²) in [6, 6.07) is 15.9. The van der Waals surface area contributed by atoms with E-state index in [0.29, 0.717) is 42.1 Å². The minimum atomic E-state index is -0.576. The van der Waals surface area contributed by atoms with Gasteiger partial charge in [0.2, 0.25) is 0 Å². The maximum Gasteiger partial charge on any atom is 0.261 e. The molecule has 7 heteroatoms. The Bertz CT molecular complexity index is 1210. The molecule has 2 N–H and O–H groups in total. The highest BCUT2D eigenvalue weighted by Gasteiger charge is 2.29. The first kappa shape index (κ1) is 21.4. The highest BCUT2D eigenvalue weighted by Crippen LogP contribution is 2.32. The monoisotopic (exact) mass is 432 g/mol. The summed E-state index contributed by atoms with van der Waals surface area (Å²) < 4.78 is 10.6. The zero-order chi connectivity index (χ0) is 22.7. The Hall–Kier alpha value is -3.87. The Kier molecular flexibility index (Phi) is 6.07. The number of aromatic amines is 1. The van der Waals surface area contributed by atoms with Crippen LogP contribution in [0.5, 0.6) is 11.5 Å². The van der Waals surface area contributed by atoms with E-state index >= 15 is 0 Å². The third-order valence-electron chi connectivity index (χ3n) is 5.54. The van der Waals surface area contributed by atoms with Crippen LogP contribution in [-0.2, 0) is 6.42 Å². The Morgan fingerprint density at radius 1 is 1.06 bits per heavy atom. The number of aromatic nitrogens is 1. The fraction of sp³-hybridized carbons (Fsp3) is 0.240. The summed E-state index contributed by atoms with van der Waals surface area (Å²) in [5.74, 6) is 0.637. The number of H-pyrrole nitrogens is 1. The van der Waals surface area contributed by atoms with Gasteiger partial charge in [0.15, 0.2) is 5.78 Å². The van der Waals surface area contributed by atoms with Crippen LogP contribution in [0.3, 0.4) is 0 Å². The lowest BCUT2D eigenvalue weighted by Gasteiger charge is -2.24. The molecule has 0 bridgehead atoms. The molecule has 4 rings (SSSR count). The van der Waals surface area contributed by atoms with Crippen LogP contribution >= 0.6 is 0 Å². The van der Waals surface area contributed by atoms with Gasteiger partial charge in [0.1, 0.15) is 17.1 Å². The van der Waals surface area contributed by atoms with Crippen molar-refractivity contribution in [2.45, 2.75) is 25.7 Å². The third kappa shape index (κ3) is 4.42. The summed E-state index contributed by atoms with van der Waals surface area (Å²) >= 11 is 0. The first-order valence-corrected chi connectivity index (χ1v) is 10.5. The number of benzene rings is 2. The molecule has 3 aromatic rings. The number of ether oxygens (including phenoxy) is 2. The van der Waals surface area contributed by atoms with E-state index in [9.17, 15) is 14.4 Å². The summed E-state index contributed by atoms with van der Waals surface area (Å²) in [5, 5.41) is 2.70. The predicted octanol–water partition coefficient (Wildman–Crippen LogP) is 3.95. The van der Waals surface area contributed by atoms with Gasteiger partial charge in [-0.3, -0.25) is 14.4 Å². The van der Waals surface area contributed by atoms with Crippen molar-refractivity contribution in [3.8, 4) is 11.5 Å². The third-order valence-corrected chi connectivity index (χ3v) is 5.54. The smallest absolute Gasteiger partial charge is 0.261 e. The number of rotatable bonds is 6. The van der Waals surface area contributed by atoms with Gasteiger partial charge in [0, 0.05) is 29.4 Å². The Labute approximate surface area is 185 Å². The van der Waals surface area contributed by atoms with E-state index in [1.165, 1.54) is 6.07 Å². The summed E-state index contributed by atoms with van der Waals surface area (Å²) in [5.41, 5.74) is 1.84. The minimum absolute atomic E-state index is 0.0439. The second-order valence-corrected chi connectivity index (χ2v) is 7.62. The van der Waals surface area contributed by atoms with Crippen LogP contribution in [0.25, 0.3) is 0 Å². The molecule has 1 unspecified atom stereocenters. The predicted molar refractivity (Wildman–Crippen MR) is 121 cm³/mol. The van der Waals surface area contributed by atoms with Crippen LogP contribution in [-0.4, -0.2) is 30.4 Å². The average Bonchev–Trinajstić information content (AvgIpc) is 2.79. The number of anilines is 1. The summed E-state index contributed by atoms with van der Waals surface area (Å²) in [6.07, 6.45) is 0.823. The number of pyridine rings is 1. The number of carbonyl (C=O) groups is 2. The maximum absolute atomic E-state index is 12.9. The number of amides is 1. The largest absolute Gasteiger partial charge is 0.497 e. The van der Waals surface area contributed by atoms with E-state index < -0.39 is 11.5 Å². The summed E-state index contributed by atoms with van der Waals surface area (Å²) in [4.78, 5) is 41.0. The molecule has 0 aliphatic heterocycles. The fourth-order valence-electron chi connectivity index (χ4n) is 3.94. The molecule has 7 nitrogen and oxygen atoms in total. The van der Waals surface area contributed by atoms with Crippen molar-refractivity contribution in [3.63, 3.8) is 0 Å². The number of hydrogen-bond acceptors (Lipinski definition) is 5. The molecule has 0 saturated heterocycles. The van der Waals surface area contributed by atoms with Gasteiger partial charge in [0.05, 0.1) is 13.7 Å². The van der Waals surface area contributed by atoms with Crippen molar-refractivity contribution < 1.29 is 19.1 Å². The van der Waals surface area contributed by atoms with E-state index in [2.05, 4.69) is 10.3 Å². The van der Waals surface area contributed by atoms with Gasteiger partial charge >= 0.3 is 0 Å². The van der Waals surface area contributed by atoms with E-state index in [0.717, 1.165) is 11.3 Å².